The number of alkyl halides is 2. The zero-order valence-corrected chi connectivity index (χ0v) is 39.6. The second-order valence-corrected chi connectivity index (χ2v) is 21.8. The van der Waals surface area contributed by atoms with E-state index in [4.69, 9.17) is 28.7 Å². The summed E-state index contributed by atoms with van der Waals surface area (Å²) in [5.41, 5.74) is -2.69. The van der Waals surface area contributed by atoms with Gasteiger partial charge in [-0.25, -0.2) is 27.0 Å². The monoisotopic (exact) mass is 957 g/mol. The van der Waals surface area contributed by atoms with Gasteiger partial charge in [-0.05, 0) is 119 Å². The number of carbonyl (C=O) groups excluding carboxylic acids is 4. The highest BCUT2D eigenvalue weighted by Gasteiger charge is 2.63. The number of alkyl carbamates (subject to hydrolysis) is 1. The fourth-order valence-corrected chi connectivity index (χ4v) is 10.3. The molecule has 368 valence electrons. The number of hydrogen-bond acceptors (Lipinski definition) is 12. The number of benzene rings is 2. The first-order valence-electron chi connectivity index (χ1n) is 22.8. The molecule has 0 radical (unpaired) electrons. The van der Waals surface area contributed by atoms with Crippen LogP contribution in [0.5, 0.6) is 23.1 Å². The molecule has 4 heterocycles. The smallest absolute Gasteiger partial charge is 0.408 e. The molecule has 0 bridgehead atoms. The third kappa shape index (κ3) is 9.70. The van der Waals surface area contributed by atoms with Gasteiger partial charge in [0.1, 0.15) is 42.7 Å². The Morgan fingerprint density at radius 1 is 1.01 bits per heavy atom. The summed E-state index contributed by atoms with van der Waals surface area (Å²) in [4.78, 5) is 63.8. The molecular weight excluding hydrogens is 893 g/mol. The van der Waals surface area contributed by atoms with Crippen molar-refractivity contribution in [2.24, 2.45) is 17.8 Å². The lowest BCUT2D eigenvalue weighted by Crippen LogP contribution is -2.59. The molecule has 3 fully saturated rings. The van der Waals surface area contributed by atoms with E-state index in [0.29, 0.717) is 91.5 Å². The predicted octanol–water partition coefficient (Wildman–Crippen LogP) is 7.18. The number of aromatic nitrogens is 1. The summed E-state index contributed by atoms with van der Waals surface area (Å²) in [5.74, 6) is -5.02. The molecule has 8 rings (SSSR count). The van der Waals surface area contributed by atoms with Crippen molar-refractivity contribution in [3.8, 4) is 34.4 Å². The summed E-state index contributed by atoms with van der Waals surface area (Å²) in [6, 6.07) is 10.00. The van der Waals surface area contributed by atoms with Gasteiger partial charge in [0.25, 0.3) is 11.8 Å². The second kappa shape index (κ2) is 17.7. The van der Waals surface area contributed by atoms with Crippen molar-refractivity contribution in [1.29, 1.82) is 0 Å². The maximum Gasteiger partial charge on any atom is 0.408 e. The van der Waals surface area contributed by atoms with Crippen LogP contribution in [0.1, 0.15) is 90.8 Å². The minimum absolute atomic E-state index is 0. The molecule has 1 saturated heterocycles. The predicted molar refractivity (Wildman–Crippen MR) is 249 cm³/mol. The van der Waals surface area contributed by atoms with Crippen molar-refractivity contribution < 1.29 is 64.3 Å². The minimum atomic E-state index is -4.09. The van der Waals surface area contributed by atoms with Gasteiger partial charge < -0.3 is 39.2 Å². The molecule has 0 unspecified atom stereocenters. The van der Waals surface area contributed by atoms with Crippen molar-refractivity contribution in [3.05, 3.63) is 54.6 Å². The van der Waals surface area contributed by atoms with E-state index in [9.17, 15) is 31.6 Å². The molecule has 3 aromatic rings. The maximum atomic E-state index is 15.1. The second-order valence-electron chi connectivity index (χ2n) is 19.6. The lowest BCUT2D eigenvalue weighted by molar-refractivity contribution is -0.152. The van der Waals surface area contributed by atoms with E-state index in [2.05, 4.69) is 15.4 Å². The Morgan fingerprint density at radius 2 is 1.75 bits per heavy atom. The molecule has 0 spiro atoms. The topological polar surface area (TPSA) is 201 Å². The molecule has 3 N–H and O–H groups in total. The van der Waals surface area contributed by atoms with E-state index in [1.807, 2.05) is 43.3 Å². The van der Waals surface area contributed by atoms with Crippen molar-refractivity contribution in [1.82, 2.24) is 25.2 Å². The van der Waals surface area contributed by atoms with Crippen LogP contribution in [-0.2, 0) is 29.1 Å². The van der Waals surface area contributed by atoms with E-state index >= 15 is 4.79 Å². The number of nitrogens with zero attached hydrogens (tertiary/aromatic N) is 2. The van der Waals surface area contributed by atoms with Gasteiger partial charge in [0, 0.05) is 34.5 Å². The van der Waals surface area contributed by atoms with Gasteiger partial charge in [0.05, 0.1) is 24.1 Å². The standard InChI is InChI=1S/C48H59F2N5O11S.3H2/c1-27-10-8-9-11-31-25-48(31,43(58)54-67(60,61)46(5)16-17-46)53-40(56)36-24-33(26-55(36)42(57)39(28(2)20-27)52-44(59)66-45(3,4)47(6,49)50)65-41-34-14-13-32(62-7)21-30(34)22-35(51-41)29-12-15-37-38(23-29)64-19-18-63-37;;;/h9,11-15,21-23,27-28,31,33,36,39H,8,10,16-20,24-26H2,1-7H3,(H,52,59)(H,53,56)(H,54,58);3*1H/b11-9-;;;/t27-,28-,31-,33-,36+,39+,48-;;;/m1.../s1. The minimum Gasteiger partial charge on any atom is -0.497 e. The number of halogens is 2. The summed E-state index contributed by atoms with van der Waals surface area (Å²) >= 11 is 0. The van der Waals surface area contributed by atoms with E-state index in [1.54, 1.807) is 39.2 Å². The van der Waals surface area contributed by atoms with Crippen molar-refractivity contribution in [2.75, 3.05) is 26.9 Å². The highest BCUT2D eigenvalue weighted by Crippen LogP contribution is 2.48. The number of nitrogens with one attached hydrogen (secondary N) is 3. The maximum absolute atomic E-state index is 15.1. The summed E-state index contributed by atoms with van der Waals surface area (Å²) in [6.45, 7) is 8.65. The zero-order valence-electron chi connectivity index (χ0n) is 38.8. The Labute approximate surface area is 393 Å². The van der Waals surface area contributed by atoms with Crippen LogP contribution in [0.2, 0.25) is 0 Å². The molecule has 3 aliphatic heterocycles. The molecule has 2 saturated carbocycles. The molecule has 67 heavy (non-hydrogen) atoms. The third-order valence-electron chi connectivity index (χ3n) is 14.0. The van der Waals surface area contributed by atoms with Gasteiger partial charge in [0.2, 0.25) is 27.7 Å². The van der Waals surface area contributed by atoms with Gasteiger partial charge in [-0.2, -0.15) is 0 Å². The molecule has 7 atom stereocenters. The number of carbonyl (C=O) groups is 4. The normalized spacial score (nSPS) is 27.8. The van der Waals surface area contributed by atoms with E-state index in [1.165, 1.54) is 4.90 Å². The van der Waals surface area contributed by atoms with Gasteiger partial charge in [-0.15, -0.1) is 0 Å². The molecule has 2 aliphatic carbocycles. The summed E-state index contributed by atoms with van der Waals surface area (Å²) in [5, 5.41) is 6.74. The largest absolute Gasteiger partial charge is 0.497 e. The Hall–Kier alpha value is -5.72. The van der Waals surface area contributed by atoms with E-state index in [0.717, 1.165) is 13.8 Å². The number of ether oxygens (including phenoxy) is 5. The van der Waals surface area contributed by atoms with Crippen molar-refractivity contribution in [3.63, 3.8) is 0 Å². The number of pyridine rings is 1. The average Bonchev–Trinajstić information content (AvgIpc) is 4.15. The van der Waals surface area contributed by atoms with Crippen LogP contribution in [0, 0.1) is 17.8 Å². The zero-order chi connectivity index (χ0) is 48.3. The summed E-state index contributed by atoms with van der Waals surface area (Å²) in [6.07, 6.45) is 3.96. The summed E-state index contributed by atoms with van der Waals surface area (Å²) < 4.78 is 86.0. The van der Waals surface area contributed by atoms with Gasteiger partial charge >= 0.3 is 6.09 Å². The quantitative estimate of drug-likeness (QED) is 0.173. The van der Waals surface area contributed by atoms with E-state index in [-0.39, 0.29) is 35.5 Å². The number of hydrogen-bond donors (Lipinski definition) is 3. The average molecular weight is 958 g/mol. The van der Waals surface area contributed by atoms with Crippen molar-refractivity contribution in [2.45, 2.75) is 126 Å². The number of fused-ring (bicyclic) bond motifs is 4. The molecule has 4 amide bonds. The number of sulfonamides is 1. The first-order valence-corrected chi connectivity index (χ1v) is 24.3. The lowest BCUT2D eigenvalue weighted by atomic mass is 9.88. The Bertz CT molecular complexity index is 2620. The molecule has 2 aromatic carbocycles. The Morgan fingerprint density at radius 3 is 2.45 bits per heavy atom. The highest BCUT2D eigenvalue weighted by atomic mass is 32.2. The number of rotatable bonds is 10. The van der Waals surface area contributed by atoms with Crippen LogP contribution in [0.3, 0.4) is 0 Å². The number of amides is 4. The highest BCUT2D eigenvalue weighted by molar-refractivity contribution is 7.91. The Kier molecular flexibility index (Phi) is 12.6. The summed E-state index contributed by atoms with van der Waals surface area (Å²) in [7, 11) is -2.54. The Balaban J connectivity index is 0.00000304. The van der Waals surface area contributed by atoms with Crippen LogP contribution >= 0.6 is 0 Å². The lowest BCUT2D eigenvalue weighted by Gasteiger charge is -2.35. The fraction of sp³-hybridized carbons (Fsp3) is 0.562. The first kappa shape index (κ1) is 47.8. The number of methoxy groups -OCH3 is 1. The fourth-order valence-electron chi connectivity index (χ4n) is 9.00. The van der Waals surface area contributed by atoms with Gasteiger partial charge in [0.15, 0.2) is 17.1 Å². The van der Waals surface area contributed by atoms with Gasteiger partial charge in [-0.1, -0.05) is 26.0 Å². The van der Waals surface area contributed by atoms with Gasteiger partial charge in [-0.3, -0.25) is 19.1 Å². The van der Waals surface area contributed by atoms with Crippen LogP contribution in [0.15, 0.2) is 54.6 Å². The first-order chi connectivity index (χ1) is 31.5. The molecule has 16 nitrogen and oxygen atoms in total. The molecule has 5 aliphatic rings. The number of allylic oxidation sites excluding steroid dienone is 1. The SMILES string of the molecule is COc1ccc2c(O[C@@H]3C[C@H]4C(=O)N[C@]5(C(=O)NS(=O)(=O)C6(C)CC6)C[C@H]5/C=C\CC[C@@H](C)C[C@@H](C)[C@H](NC(=O)OC(C)(C)C(C)(F)F)C(=O)N4C3)nc(-c3ccc4c(c3)OCCO4)cc2c1.[HH].[HH].[HH]. The van der Waals surface area contributed by atoms with Crippen LogP contribution < -0.4 is 34.3 Å². The van der Waals surface area contributed by atoms with Crippen molar-refractivity contribution >= 4 is 44.6 Å². The molecule has 1 aromatic heterocycles. The molecular formula is C48H65F2N5O11S. The van der Waals surface area contributed by atoms with Crippen LogP contribution in [0.25, 0.3) is 22.0 Å². The van der Waals surface area contributed by atoms with E-state index < -0.39 is 85.7 Å². The molecule has 19 heteroatoms. The third-order valence-corrected chi connectivity index (χ3v) is 16.2. The van der Waals surface area contributed by atoms with Crippen LogP contribution in [-0.4, -0.2) is 109 Å². The van der Waals surface area contributed by atoms with Crippen LogP contribution in [0.4, 0.5) is 13.6 Å².